The van der Waals surface area contributed by atoms with E-state index in [4.69, 9.17) is 5.73 Å². The van der Waals surface area contributed by atoms with E-state index < -0.39 is 10.0 Å². The predicted molar refractivity (Wildman–Crippen MR) is 177 cm³/mol. The lowest BCUT2D eigenvalue weighted by molar-refractivity contribution is -0.128. The Kier molecular flexibility index (Phi) is 10.5. The molecule has 4 fully saturated rings. The van der Waals surface area contributed by atoms with Crippen molar-refractivity contribution in [2.24, 2.45) is 28.5 Å². The summed E-state index contributed by atoms with van der Waals surface area (Å²) in [5.41, 5.74) is 8.99. The molecular weight excluding hydrogens is 572 g/mol. The van der Waals surface area contributed by atoms with Gasteiger partial charge in [0.25, 0.3) is 5.91 Å². The molecule has 0 bridgehead atoms. The summed E-state index contributed by atoms with van der Waals surface area (Å²) in [4.78, 5) is 22.5. The minimum atomic E-state index is -3.16. The van der Waals surface area contributed by atoms with Crippen molar-refractivity contribution in [3.63, 3.8) is 0 Å². The maximum Gasteiger partial charge on any atom is 0.272 e. The van der Waals surface area contributed by atoms with Crippen LogP contribution in [0.15, 0.2) is 58.9 Å². The second-order valence-electron chi connectivity index (χ2n) is 13.7. The van der Waals surface area contributed by atoms with Crippen molar-refractivity contribution in [2.45, 2.75) is 76.3 Å². The van der Waals surface area contributed by atoms with Gasteiger partial charge in [-0.1, -0.05) is 43.3 Å². The predicted octanol–water partition coefficient (Wildman–Crippen LogP) is 3.92. The van der Waals surface area contributed by atoms with Crippen LogP contribution >= 0.6 is 0 Å². The molecule has 0 aromatic heterocycles. The Morgan fingerprint density at radius 1 is 1.09 bits per heavy atom. The van der Waals surface area contributed by atoms with Crippen LogP contribution in [0.4, 0.5) is 0 Å². The number of sulfonamides is 1. The molecule has 2 saturated heterocycles. The molecule has 2 heterocycles. The molecule has 1 amide bonds. The standard InChI is InChI=1S/C34H52N6O3S/c1-24(25(2)36-20-26-9-8-12-28(17-26)27-10-6-5-7-11-27)33(37-23-35)34(41)39-15-13-31(14-16-39)40-21-29-18-32(19-30(29)22-40)38(3)44(4,42)43/h5-7,10-11,23,26,28-32,36H,2,8-9,12-22H2,1,3-4H3,(H2,35,37)/b33-24-/t26-,28+,29-,30+,32-/m0/s1. The minimum absolute atomic E-state index is 0.0858. The fraction of sp³-hybridized carbons (Fsp3) is 0.647. The number of allylic oxidation sites excluding steroid dienone is 1. The molecule has 9 nitrogen and oxygen atoms in total. The Balaban J connectivity index is 1.11. The number of likely N-dealkylation sites (tertiary alicyclic amines) is 2. The van der Waals surface area contributed by atoms with Crippen LogP contribution in [0.5, 0.6) is 0 Å². The van der Waals surface area contributed by atoms with Crippen molar-refractivity contribution in [3.05, 3.63) is 59.4 Å². The monoisotopic (exact) mass is 624 g/mol. The molecule has 242 valence electrons. The first kappa shape index (κ1) is 32.7. The zero-order valence-electron chi connectivity index (χ0n) is 26.8. The topological polar surface area (TPSA) is 111 Å². The summed E-state index contributed by atoms with van der Waals surface area (Å²) in [5.74, 6) is 2.18. The molecular formula is C34H52N6O3S. The van der Waals surface area contributed by atoms with E-state index in [-0.39, 0.29) is 11.9 Å². The van der Waals surface area contributed by atoms with E-state index in [1.165, 1.54) is 37.4 Å². The molecule has 44 heavy (non-hydrogen) atoms. The highest BCUT2D eigenvalue weighted by molar-refractivity contribution is 7.88. The number of nitrogens with two attached hydrogens (primary N) is 1. The largest absolute Gasteiger partial charge is 0.390 e. The van der Waals surface area contributed by atoms with Gasteiger partial charge in [0.2, 0.25) is 10.0 Å². The molecule has 4 aliphatic rings. The molecule has 2 saturated carbocycles. The SMILES string of the molecule is C=C(NC[C@H]1CCC[C@@H](c2ccccc2)C1)/C(C)=C(\N=C/N)C(=O)N1CCC(N2C[C@H]3C[C@@H](N(C)S(C)(=O)=O)C[C@H]3C2)CC1. The first-order valence-electron chi connectivity index (χ1n) is 16.4. The van der Waals surface area contributed by atoms with E-state index in [2.05, 4.69) is 52.1 Å². The van der Waals surface area contributed by atoms with Gasteiger partial charge in [0.05, 0.1) is 12.6 Å². The fourth-order valence-corrected chi connectivity index (χ4v) is 8.90. The number of carbonyl (C=O) groups is 1. The molecule has 0 spiro atoms. The summed E-state index contributed by atoms with van der Waals surface area (Å²) in [6, 6.07) is 11.4. The van der Waals surface area contributed by atoms with Gasteiger partial charge in [-0.3, -0.25) is 9.69 Å². The Hall–Kier alpha value is -2.69. The van der Waals surface area contributed by atoms with E-state index >= 15 is 0 Å². The number of fused-ring (bicyclic) bond motifs is 1. The first-order chi connectivity index (χ1) is 21.0. The number of amides is 1. The molecule has 10 heteroatoms. The van der Waals surface area contributed by atoms with Crippen LogP contribution in [-0.2, 0) is 14.8 Å². The molecule has 0 unspecified atom stereocenters. The minimum Gasteiger partial charge on any atom is -0.390 e. The number of rotatable bonds is 10. The number of hydrogen-bond acceptors (Lipinski definition) is 6. The van der Waals surface area contributed by atoms with Gasteiger partial charge in [-0.25, -0.2) is 17.7 Å². The van der Waals surface area contributed by atoms with Gasteiger partial charge < -0.3 is 16.0 Å². The number of hydrogen-bond donors (Lipinski definition) is 2. The van der Waals surface area contributed by atoms with Crippen molar-refractivity contribution in [1.29, 1.82) is 0 Å². The second-order valence-corrected chi connectivity index (χ2v) is 15.7. The molecule has 3 N–H and O–H groups in total. The number of benzene rings is 1. The number of nitrogens with one attached hydrogen (secondary N) is 1. The Bertz CT molecular complexity index is 1320. The second kappa shape index (κ2) is 14.2. The third-order valence-corrected chi connectivity index (χ3v) is 12.3. The molecule has 0 radical (unpaired) electrons. The van der Waals surface area contributed by atoms with E-state index in [1.807, 2.05) is 11.8 Å². The summed E-state index contributed by atoms with van der Waals surface area (Å²) in [6.07, 6.45) is 11.1. The van der Waals surface area contributed by atoms with Gasteiger partial charge in [-0.2, -0.15) is 0 Å². The molecule has 5 rings (SSSR count). The molecule has 5 atom stereocenters. The van der Waals surface area contributed by atoms with Gasteiger partial charge in [-0.05, 0) is 81.1 Å². The Morgan fingerprint density at radius 2 is 1.75 bits per heavy atom. The summed E-state index contributed by atoms with van der Waals surface area (Å²) < 4.78 is 25.6. The summed E-state index contributed by atoms with van der Waals surface area (Å²) in [6.45, 7) is 10.4. The van der Waals surface area contributed by atoms with Crippen LogP contribution < -0.4 is 11.1 Å². The molecule has 2 aliphatic heterocycles. The van der Waals surface area contributed by atoms with Gasteiger partial charge in [-0.15, -0.1) is 0 Å². The van der Waals surface area contributed by atoms with Gasteiger partial charge >= 0.3 is 0 Å². The van der Waals surface area contributed by atoms with Gasteiger partial charge in [0, 0.05) is 63.1 Å². The van der Waals surface area contributed by atoms with E-state index in [0.29, 0.717) is 48.5 Å². The third kappa shape index (κ3) is 7.57. The Morgan fingerprint density at radius 3 is 2.36 bits per heavy atom. The van der Waals surface area contributed by atoms with Crippen LogP contribution in [0.3, 0.4) is 0 Å². The lowest BCUT2D eigenvalue weighted by Crippen LogP contribution is -2.47. The van der Waals surface area contributed by atoms with Crippen LogP contribution in [0.25, 0.3) is 0 Å². The zero-order chi connectivity index (χ0) is 31.4. The van der Waals surface area contributed by atoms with Crippen LogP contribution in [0.1, 0.15) is 69.8 Å². The molecule has 1 aromatic rings. The third-order valence-electron chi connectivity index (χ3n) is 10.9. The normalized spacial score (nSPS) is 29.2. The molecule has 1 aromatic carbocycles. The fourth-order valence-electron chi connectivity index (χ4n) is 8.19. The van der Waals surface area contributed by atoms with Gasteiger partial charge in [0.15, 0.2) is 0 Å². The van der Waals surface area contributed by atoms with E-state index in [1.54, 1.807) is 11.4 Å². The van der Waals surface area contributed by atoms with Crippen LogP contribution in [-0.4, -0.2) is 92.9 Å². The number of nitrogens with zero attached hydrogens (tertiary/aromatic N) is 4. The summed E-state index contributed by atoms with van der Waals surface area (Å²) >= 11 is 0. The average Bonchev–Trinajstić information content (AvgIpc) is 3.61. The zero-order valence-corrected chi connectivity index (χ0v) is 27.6. The average molecular weight is 625 g/mol. The number of carbonyl (C=O) groups excluding carboxylic acids is 1. The quantitative estimate of drug-likeness (QED) is 0.177. The van der Waals surface area contributed by atoms with E-state index in [0.717, 1.165) is 63.0 Å². The van der Waals surface area contributed by atoms with Gasteiger partial charge in [0.1, 0.15) is 5.70 Å². The maximum absolute atomic E-state index is 13.7. The number of piperidine rings is 1. The highest BCUT2D eigenvalue weighted by Gasteiger charge is 2.45. The van der Waals surface area contributed by atoms with E-state index in [9.17, 15) is 13.2 Å². The Labute approximate surface area is 264 Å². The first-order valence-corrected chi connectivity index (χ1v) is 18.3. The van der Waals surface area contributed by atoms with Crippen molar-refractivity contribution < 1.29 is 13.2 Å². The molecule has 2 aliphatic carbocycles. The highest BCUT2D eigenvalue weighted by Crippen LogP contribution is 2.42. The summed E-state index contributed by atoms with van der Waals surface area (Å²) in [7, 11) is -1.44. The van der Waals surface area contributed by atoms with Crippen molar-refractivity contribution in [2.75, 3.05) is 46.0 Å². The van der Waals surface area contributed by atoms with Crippen LogP contribution in [0, 0.1) is 17.8 Å². The van der Waals surface area contributed by atoms with Crippen LogP contribution in [0.2, 0.25) is 0 Å². The summed E-state index contributed by atoms with van der Waals surface area (Å²) in [5, 5.41) is 3.52. The lowest BCUT2D eigenvalue weighted by atomic mass is 9.78. The van der Waals surface area contributed by atoms with Crippen molar-refractivity contribution in [1.82, 2.24) is 19.4 Å². The van der Waals surface area contributed by atoms with Crippen molar-refractivity contribution >= 4 is 22.3 Å². The smallest absolute Gasteiger partial charge is 0.272 e. The highest BCUT2D eigenvalue weighted by atomic mass is 32.2. The van der Waals surface area contributed by atoms with Crippen molar-refractivity contribution in [3.8, 4) is 0 Å². The number of aliphatic imine (C=N–C) groups is 1. The maximum atomic E-state index is 13.7. The lowest BCUT2D eigenvalue weighted by Gasteiger charge is -2.37.